The fourth-order valence-corrected chi connectivity index (χ4v) is 4.07. The average Bonchev–Trinajstić information content (AvgIpc) is 3.17. The largest absolute Gasteiger partial charge is 0.497 e. The summed E-state index contributed by atoms with van der Waals surface area (Å²) in [7, 11) is 1.66. The SMILES string of the molecule is COc1cccc(-c2ccc3c(c2)NC(=O)/C3=C/Nc2ccc(N3CCOCC3)cc2)c1. The molecular formula is C26H25N3O3. The molecule has 2 heterocycles. The van der Waals surface area contributed by atoms with Crippen molar-refractivity contribution in [1.82, 2.24) is 0 Å². The summed E-state index contributed by atoms with van der Waals surface area (Å²) in [4.78, 5) is 14.9. The van der Waals surface area contributed by atoms with Crippen LogP contribution in [0.2, 0.25) is 0 Å². The fourth-order valence-electron chi connectivity index (χ4n) is 4.07. The smallest absolute Gasteiger partial charge is 0.257 e. The number of rotatable bonds is 5. The van der Waals surface area contributed by atoms with Gasteiger partial charge in [0.25, 0.3) is 5.91 Å². The molecule has 1 amide bonds. The van der Waals surface area contributed by atoms with Gasteiger partial charge in [-0.05, 0) is 53.6 Å². The van der Waals surface area contributed by atoms with Crippen molar-refractivity contribution in [3.05, 3.63) is 78.5 Å². The molecule has 0 bridgehead atoms. The second-order valence-electron chi connectivity index (χ2n) is 7.80. The van der Waals surface area contributed by atoms with Crippen molar-refractivity contribution < 1.29 is 14.3 Å². The second-order valence-corrected chi connectivity index (χ2v) is 7.80. The lowest BCUT2D eigenvalue weighted by molar-refractivity contribution is -0.110. The monoisotopic (exact) mass is 427 g/mol. The molecule has 1 fully saturated rings. The lowest BCUT2D eigenvalue weighted by Gasteiger charge is -2.28. The minimum atomic E-state index is -0.111. The summed E-state index contributed by atoms with van der Waals surface area (Å²) in [6.07, 6.45) is 1.77. The number of amides is 1. The highest BCUT2D eigenvalue weighted by Gasteiger charge is 2.24. The molecule has 0 radical (unpaired) electrons. The van der Waals surface area contributed by atoms with E-state index < -0.39 is 0 Å². The van der Waals surface area contributed by atoms with Gasteiger partial charge in [0.15, 0.2) is 0 Å². The summed E-state index contributed by atoms with van der Waals surface area (Å²) < 4.78 is 10.7. The predicted octanol–water partition coefficient (Wildman–Crippen LogP) is 4.60. The van der Waals surface area contributed by atoms with Crippen molar-refractivity contribution in [2.24, 2.45) is 0 Å². The highest BCUT2D eigenvalue weighted by molar-refractivity contribution is 6.31. The van der Waals surface area contributed by atoms with Gasteiger partial charge < -0.3 is 25.0 Å². The number of carbonyl (C=O) groups is 1. The van der Waals surface area contributed by atoms with E-state index >= 15 is 0 Å². The molecule has 0 unspecified atom stereocenters. The van der Waals surface area contributed by atoms with Crippen LogP contribution in [0.5, 0.6) is 5.75 Å². The Labute approximate surface area is 187 Å². The molecule has 0 saturated carbocycles. The highest BCUT2D eigenvalue weighted by atomic mass is 16.5. The summed E-state index contributed by atoms with van der Waals surface area (Å²) in [6.45, 7) is 3.34. The van der Waals surface area contributed by atoms with Crippen molar-refractivity contribution in [3.63, 3.8) is 0 Å². The number of hydrogen-bond acceptors (Lipinski definition) is 5. The van der Waals surface area contributed by atoms with E-state index in [1.165, 1.54) is 5.69 Å². The number of ether oxygens (including phenoxy) is 2. The quantitative estimate of drug-likeness (QED) is 0.583. The number of fused-ring (bicyclic) bond motifs is 1. The van der Waals surface area contributed by atoms with E-state index in [0.717, 1.165) is 60.1 Å². The molecule has 0 atom stereocenters. The molecule has 2 N–H and O–H groups in total. The Morgan fingerprint density at radius 2 is 1.78 bits per heavy atom. The first-order chi connectivity index (χ1) is 15.7. The van der Waals surface area contributed by atoms with Gasteiger partial charge in [0.05, 0.1) is 25.9 Å². The Balaban J connectivity index is 1.33. The highest BCUT2D eigenvalue weighted by Crippen LogP contribution is 2.36. The van der Waals surface area contributed by atoms with Crippen LogP contribution in [0.1, 0.15) is 5.56 Å². The topological polar surface area (TPSA) is 62.8 Å². The lowest BCUT2D eigenvalue weighted by atomic mass is 10.0. The van der Waals surface area contributed by atoms with E-state index in [0.29, 0.717) is 5.57 Å². The summed E-state index contributed by atoms with van der Waals surface area (Å²) in [5, 5.41) is 6.24. The Bertz CT molecular complexity index is 1170. The number of benzene rings is 3. The molecule has 3 aromatic rings. The number of morpholine rings is 1. The molecule has 5 rings (SSSR count). The van der Waals surface area contributed by atoms with Crippen molar-refractivity contribution in [1.29, 1.82) is 0 Å². The van der Waals surface area contributed by atoms with Crippen LogP contribution in [-0.2, 0) is 9.53 Å². The first-order valence-electron chi connectivity index (χ1n) is 10.7. The van der Waals surface area contributed by atoms with Gasteiger partial charge in [0.2, 0.25) is 0 Å². The molecule has 0 aromatic heterocycles. The van der Waals surface area contributed by atoms with Crippen molar-refractivity contribution in [2.75, 3.05) is 48.9 Å². The maximum Gasteiger partial charge on any atom is 0.257 e. The molecule has 2 aliphatic rings. The minimum absolute atomic E-state index is 0.111. The third-order valence-electron chi connectivity index (χ3n) is 5.83. The van der Waals surface area contributed by atoms with Crippen LogP contribution >= 0.6 is 0 Å². The Morgan fingerprint density at radius 1 is 1.00 bits per heavy atom. The van der Waals surface area contributed by atoms with Crippen LogP contribution in [0.25, 0.3) is 16.7 Å². The van der Waals surface area contributed by atoms with Crippen LogP contribution in [0.3, 0.4) is 0 Å². The number of hydrogen-bond donors (Lipinski definition) is 2. The second kappa shape index (κ2) is 8.77. The van der Waals surface area contributed by atoms with E-state index in [-0.39, 0.29) is 5.91 Å². The zero-order valence-electron chi connectivity index (χ0n) is 17.9. The predicted molar refractivity (Wildman–Crippen MR) is 128 cm³/mol. The van der Waals surface area contributed by atoms with Crippen LogP contribution in [0, 0.1) is 0 Å². The number of anilines is 3. The van der Waals surface area contributed by atoms with Gasteiger partial charge in [-0.2, -0.15) is 0 Å². The van der Waals surface area contributed by atoms with Crippen molar-refractivity contribution in [3.8, 4) is 16.9 Å². The van der Waals surface area contributed by atoms with E-state index in [9.17, 15) is 4.79 Å². The van der Waals surface area contributed by atoms with E-state index in [1.54, 1.807) is 13.3 Å². The number of carbonyl (C=O) groups excluding carboxylic acids is 1. The maximum absolute atomic E-state index is 12.6. The van der Waals surface area contributed by atoms with Crippen LogP contribution < -0.4 is 20.3 Å². The fraction of sp³-hybridized carbons (Fsp3) is 0.192. The third kappa shape index (κ3) is 4.05. The van der Waals surface area contributed by atoms with E-state index in [1.807, 2.05) is 54.6 Å². The van der Waals surface area contributed by atoms with Crippen LogP contribution in [0.4, 0.5) is 17.1 Å². The van der Waals surface area contributed by atoms with Gasteiger partial charge in [-0.1, -0.05) is 24.3 Å². The molecule has 162 valence electrons. The summed E-state index contributed by atoms with van der Waals surface area (Å²) >= 11 is 0. The molecule has 32 heavy (non-hydrogen) atoms. The van der Waals surface area contributed by atoms with Crippen LogP contribution in [-0.4, -0.2) is 39.3 Å². The van der Waals surface area contributed by atoms with Gasteiger partial charge in [0.1, 0.15) is 5.75 Å². The molecule has 0 aliphatic carbocycles. The van der Waals surface area contributed by atoms with Crippen molar-refractivity contribution in [2.45, 2.75) is 0 Å². The molecule has 0 spiro atoms. The summed E-state index contributed by atoms with van der Waals surface area (Å²) in [5.74, 6) is 0.691. The average molecular weight is 428 g/mol. The molecule has 6 heteroatoms. The minimum Gasteiger partial charge on any atom is -0.497 e. The number of methoxy groups -OCH3 is 1. The molecular weight excluding hydrogens is 402 g/mol. The summed E-state index contributed by atoms with van der Waals surface area (Å²) in [5.41, 5.74) is 6.50. The first kappa shape index (κ1) is 20.2. The van der Waals surface area contributed by atoms with E-state index in [4.69, 9.17) is 9.47 Å². The molecule has 1 saturated heterocycles. The molecule has 2 aliphatic heterocycles. The van der Waals surface area contributed by atoms with Gasteiger partial charge in [-0.3, -0.25) is 4.79 Å². The zero-order chi connectivity index (χ0) is 21.9. The van der Waals surface area contributed by atoms with Gasteiger partial charge >= 0.3 is 0 Å². The standard InChI is InChI=1S/C26H25N3O3/c1-31-22-4-2-3-18(15-22)19-5-10-23-24(26(30)28-25(23)16-19)17-27-20-6-8-21(9-7-20)29-11-13-32-14-12-29/h2-10,15-17,27H,11-14H2,1H3,(H,28,30)/b24-17+. The summed E-state index contributed by atoms with van der Waals surface area (Å²) in [6, 6.07) is 22.1. The van der Waals surface area contributed by atoms with E-state index in [2.05, 4.69) is 27.7 Å². The van der Waals surface area contributed by atoms with Crippen molar-refractivity contribution >= 4 is 28.5 Å². The normalized spacial score (nSPS) is 16.6. The van der Waals surface area contributed by atoms with Gasteiger partial charge in [-0.25, -0.2) is 0 Å². The lowest BCUT2D eigenvalue weighted by Crippen LogP contribution is -2.36. The molecule has 3 aromatic carbocycles. The zero-order valence-corrected chi connectivity index (χ0v) is 17.9. The Morgan fingerprint density at radius 3 is 2.56 bits per heavy atom. The Hall–Kier alpha value is -3.77. The number of nitrogens with zero attached hydrogens (tertiary/aromatic N) is 1. The van der Waals surface area contributed by atoms with Crippen LogP contribution in [0.15, 0.2) is 72.9 Å². The Kier molecular flexibility index (Phi) is 5.52. The van der Waals surface area contributed by atoms with Gasteiger partial charge in [-0.15, -0.1) is 0 Å². The van der Waals surface area contributed by atoms with Gasteiger partial charge in [0, 0.05) is 41.9 Å². The third-order valence-corrected chi connectivity index (χ3v) is 5.83. The number of nitrogens with one attached hydrogen (secondary N) is 2. The first-order valence-corrected chi connectivity index (χ1v) is 10.7. The maximum atomic E-state index is 12.6. The molecule has 6 nitrogen and oxygen atoms in total.